The summed E-state index contributed by atoms with van der Waals surface area (Å²) in [6.45, 7) is 5.31. The van der Waals surface area contributed by atoms with Crippen molar-refractivity contribution in [2.75, 3.05) is 18.5 Å². The molecule has 0 bridgehead atoms. The molecule has 3 unspecified atom stereocenters. The van der Waals surface area contributed by atoms with Gasteiger partial charge in [-0.3, -0.25) is 0 Å². The van der Waals surface area contributed by atoms with Gasteiger partial charge in [0.25, 0.3) is 0 Å². The largest absolute Gasteiger partial charge is 0.389 e. The number of benzene rings is 1. The summed E-state index contributed by atoms with van der Waals surface area (Å²) in [6, 6.07) is 8.18. The highest BCUT2D eigenvalue weighted by Crippen LogP contribution is 2.25. The van der Waals surface area contributed by atoms with Crippen LogP contribution in [0.4, 0.5) is 5.69 Å². The summed E-state index contributed by atoms with van der Waals surface area (Å²) >= 11 is 0. The molecule has 0 heterocycles. The van der Waals surface area contributed by atoms with Gasteiger partial charge in [0, 0.05) is 12.2 Å². The summed E-state index contributed by atoms with van der Waals surface area (Å²) in [5, 5.41) is 13.2. The van der Waals surface area contributed by atoms with Crippen molar-refractivity contribution in [2.24, 2.45) is 5.92 Å². The van der Waals surface area contributed by atoms with Crippen LogP contribution in [-0.2, 0) is 4.74 Å². The van der Waals surface area contributed by atoms with Crippen molar-refractivity contribution in [1.29, 1.82) is 0 Å². The summed E-state index contributed by atoms with van der Waals surface area (Å²) in [5.74, 6) is 0.760. The third-order valence-corrected chi connectivity index (χ3v) is 3.97. The molecule has 0 amide bonds. The lowest BCUT2D eigenvalue weighted by atomic mass is 9.89. The second kappa shape index (κ2) is 7.65. The summed E-state index contributed by atoms with van der Waals surface area (Å²) in [7, 11) is 0. The van der Waals surface area contributed by atoms with Crippen molar-refractivity contribution in [1.82, 2.24) is 0 Å². The van der Waals surface area contributed by atoms with Crippen LogP contribution in [0.1, 0.15) is 38.2 Å². The number of ether oxygens (including phenoxy) is 1. The first kappa shape index (κ1) is 15.3. The van der Waals surface area contributed by atoms with Gasteiger partial charge in [0.1, 0.15) is 0 Å². The molecule has 0 saturated heterocycles. The van der Waals surface area contributed by atoms with Crippen molar-refractivity contribution in [3.8, 4) is 0 Å². The van der Waals surface area contributed by atoms with Gasteiger partial charge in [0.15, 0.2) is 0 Å². The number of anilines is 1. The molecule has 2 rings (SSSR count). The smallest absolute Gasteiger partial charge is 0.0945 e. The summed E-state index contributed by atoms with van der Waals surface area (Å²) in [5.41, 5.74) is 2.27. The third kappa shape index (κ3) is 5.14. The second-order valence-corrected chi connectivity index (χ2v) is 6.13. The molecule has 0 radical (unpaired) electrons. The van der Waals surface area contributed by atoms with Crippen LogP contribution < -0.4 is 5.32 Å². The minimum Gasteiger partial charge on any atom is -0.389 e. The molecular weight excluding hydrogens is 250 g/mol. The summed E-state index contributed by atoms with van der Waals surface area (Å²) < 4.78 is 5.84. The van der Waals surface area contributed by atoms with E-state index in [2.05, 4.69) is 31.3 Å². The van der Waals surface area contributed by atoms with Gasteiger partial charge in [-0.2, -0.15) is 0 Å². The number of hydrogen-bond acceptors (Lipinski definition) is 3. The molecule has 3 nitrogen and oxygen atoms in total. The van der Waals surface area contributed by atoms with Crippen molar-refractivity contribution in [3.63, 3.8) is 0 Å². The third-order valence-electron chi connectivity index (χ3n) is 3.97. The van der Waals surface area contributed by atoms with Crippen molar-refractivity contribution in [2.45, 2.75) is 51.7 Å². The fraction of sp³-hybridized carbons (Fsp3) is 0.647. The van der Waals surface area contributed by atoms with Crippen molar-refractivity contribution in [3.05, 3.63) is 29.8 Å². The monoisotopic (exact) mass is 277 g/mol. The average Bonchev–Trinajstić information content (AvgIpc) is 2.43. The highest BCUT2D eigenvalue weighted by Gasteiger charge is 2.20. The number of aliphatic hydroxyl groups is 1. The second-order valence-electron chi connectivity index (χ2n) is 6.13. The molecule has 1 aliphatic rings. The molecule has 112 valence electrons. The van der Waals surface area contributed by atoms with E-state index in [0.29, 0.717) is 19.3 Å². The first-order valence-electron chi connectivity index (χ1n) is 7.73. The SMILES string of the molecule is Cc1cccc(NCC(O)COC2CCCC(C)C2)c1. The molecule has 0 aromatic heterocycles. The molecule has 3 heteroatoms. The predicted octanol–water partition coefficient (Wildman–Crippen LogP) is 3.36. The van der Waals surface area contributed by atoms with E-state index in [4.69, 9.17) is 4.74 Å². The Balaban J connectivity index is 1.66. The first-order chi connectivity index (χ1) is 9.63. The molecule has 1 aliphatic carbocycles. The highest BCUT2D eigenvalue weighted by atomic mass is 16.5. The van der Waals surface area contributed by atoms with Gasteiger partial charge in [-0.25, -0.2) is 0 Å². The van der Waals surface area contributed by atoms with E-state index in [9.17, 15) is 5.11 Å². The maximum absolute atomic E-state index is 9.99. The van der Waals surface area contributed by atoms with E-state index >= 15 is 0 Å². The zero-order valence-electron chi connectivity index (χ0n) is 12.6. The Bertz CT molecular complexity index is 408. The van der Waals surface area contributed by atoms with Gasteiger partial charge in [0.2, 0.25) is 0 Å². The fourth-order valence-electron chi connectivity index (χ4n) is 2.83. The molecule has 0 spiro atoms. The molecule has 1 aromatic rings. The zero-order chi connectivity index (χ0) is 14.4. The average molecular weight is 277 g/mol. The Morgan fingerprint density at radius 2 is 2.25 bits per heavy atom. The van der Waals surface area contributed by atoms with E-state index in [1.165, 1.54) is 18.4 Å². The normalized spacial score (nSPS) is 24.4. The Morgan fingerprint density at radius 1 is 1.40 bits per heavy atom. The van der Waals surface area contributed by atoms with E-state index in [-0.39, 0.29) is 0 Å². The van der Waals surface area contributed by atoms with E-state index in [0.717, 1.165) is 24.4 Å². The Morgan fingerprint density at radius 3 is 3.00 bits per heavy atom. The van der Waals surface area contributed by atoms with E-state index in [1.807, 2.05) is 12.1 Å². The minimum atomic E-state index is -0.451. The Hall–Kier alpha value is -1.06. The molecule has 3 atom stereocenters. The van der Waals surface area contributed by atoms with Crippen LogP contribution in [0, 0.1) is 12.8 Å². The molecule has 20 heavy (non-hydrogen) atoms. The van der Waals surface area contributed by atoms with Crippen LogP contribution in [-0.4, -0.2) is 30.5 Å². The molecule has 1 saturated carbocycles. The quantitative estimate of drug-likeness (QED) is 0.837. The van der Waals surface area contributed by atoms with Gasteiger partial charge in [-0.05, 0) is 43.4 Å². The van der Waals surface area contributed by atoms with Crippen LogP contribution in [0.15, 0.2) is 24.3 Å². The number of rotatable bonds is 6. The minimum absolute atomic E-state index is 0.340. The van der Waals surface area contributed by atoms with Crippen LogP contribution in [0.2, 0.25) is 0 Å². The predicted molar refractivity (Wildman–Crippen MR) is 83.0 cm³/mol. The number of nitrogens with one attached hydrogen (secondary N) is 1. The van der Waals surface area contributed by atoms with Crippen molar-refractivity contribution >= 4 is 5.69 Å². The molecule has 0 aliphatic heterocycles. The van der Waals surface area contributed by atoms with Gasteiger partial charge in [-0.1, -0.05) is 31.9 Å². The lowest BCUT2D eigenvalue weighted by Gasteiger charge is -2.27. The number of hydrogen-bond donors (Lipinski definition) is 2. The molecule has 1 aromatic carbocycles. The van der Waals surface area contributed by atoms with Gasteiger partial charge < -0.3 is 15.2 Å². The standard InChI is InChI=1S/C17H27NO2/c1-13-5-3-7-15(9-13)18-11-16(19)12-20-17-8-4-6-14(2)10-17/h3,5,7,9,14,16-19H,4,6,8,10-12H2,1-2H3. The number of aliphatic hydroxyl groups excluding tert-OH is 1. The maximum atomic E-state index is 9.99. The summed E-state index contributed by atoms with van der Waals surface area (Å²) in [4.78, 5) is 0. The Kier molecular flexibility index (Phi) is 5.86. The van der Waals surface area contributed by atoms with Crippen LogP contribution >= 0.6 is 0 Å². The van der Waals surface area contributed by atoms with Crippen LogP contribution in [0.25, 0.3) is 0 Å². The molecular formula is C17H27NO2. The number of aryl methyl sites for hydroxylation is 1. The fourth-order valence-corrected chi connectivity index (χ4v) is 2.83. The van der Waals surface area contributed by atoms with Crippen molar-refractivity contribution < 1.29 is 9.84 Å². The van der Waals surface area contributed by atoms with Crippen LogP contribution in [0.5, 0.6) is 0 Å². The highest BCUT2D eigenvalue weighted by molar-refractivity contribution is 5.45. The summed E-state index contributed by atoms with van der Waals surface area (Å²) in [6.07, 6.45) is 4.74. The lowest BCUT2D eigenvalue weighted by molar-refractivity contribution is -0.0274. The van der Waals surface area contributed by atoms with E-state index in [1.54, 1.807) is 0 Å². The molecule has 1 fully saturated rings. The first-order valence-corrected chi connectivity index (χ1v) is 7.73. The molecule has 2 N–H and O–H groups in total. The van der Waals surface area contributed by atoms with Gasteiger partial charge in [0.05, 0.1) is 18.8 Å². The Labute approximate surface area is 122 Å². The van der Waals surface area contributed by atoms with Crippen LogP contribution in [0.3, 0.4) is 0 Å². The topological polar surface area (TPSA) is 41.5 Å². The maximum Gasteiger partial charge on any atom is 0.0945 e. The lowest BCUT2D eigenvalue weighted by Crippen LogP contribution is -2.30. The van der Waals surface area contributed by atoms with Gasteiger partial charge in [-0.15, -0.1) is 0 Å². The van der Waals surface area contributed by atoms with Gasteiger partial charge >= 0.3 is 0 Å². The van der Waals surface area contributed by atoms with E-state index < -0.39 is 6.10 Å². The zero-order valence-corrected chi connectivity index (χ0v) is 12.6.